The zero-order valence-electron chi connectivity index (χ0n) is 10.3. The Morgan fingerprint density at radius 1 is 1.47 bits per heavy atom. The van der Waals surface area contributed by atoms with Gasteiger partial charge >= 0.3 is 5.97 Å². The van der Waals surface area contributed by atoms with Crippen LogP contribution in [0.15, 0.2) is 11.1 Å². The Kier molecular flexibility index (Phi) is 3.27. The van der Waals surface area contributed by atoms with E-state index in [1.54, 1.807) is 0 Å². The molecule has 0 aliphatic heterocycles. The summed E-state index contributed by atoms with van der Waals surface area (Å²) < 4.78 is 6.19. The van der Waals surface area contributed by atoms with Gasteiger partial charge in [-0.25, -0.2) is 4.98 Å². The third-order valence-electron chi connectivity index (χ3n) is 2.18. The Labute approximate surface area is 106 Å². The van der Waals surface area contributed by atoms with Crippen LogP contribution in [0.3, 0.4) is 0 Å². The first-order valence-electron chi connectivity index (χ1n) is 5.33. The number of nitrogens with zero attached hydrogens (tertiary/aromatic N) is 3. The van der Waals surface area contributed by atoms with E-state index >= 15 is 0 Å². The highest BCUT2D eigenvalue weighted by Crippen LogP contribution is 2.08. The first-order chi connectivity index (χ1) is 8.97. The molecule has 0 fully saturated rings. The van der Waals surface area contributed by atoms with E-state index in [-0.39, 0.29) is 29.8 Å². The summed E-state index contributed by atoms with van der Waals surface area (Å²) in [7, 11) is 0. The van der Waals surface area contributed by atoms with Gasteiger partial charge in [0.25, 0.3) is 5.56 Å². The van der Waals surface area contributed by atoms with E-state index in [9.17, 15) is 14.4 Å². The smallest absolute Gasteiger partial charge is 0.304 e. The van der Waals surface area contributed by atoms with Crippen molar-refractivity contribution in [3.63, 3.8) is 0 Å². The summed E-state index contributed by atoms with van der Waals surface area (Å²) in [5.41, 5.74) is -0.176. The summed E-state index contributed by atoms with van der Waals surface area (Å²) in [5.74, 6) is -0.822. The Morgan fingerprint density at radius 2 is 2.21 bits per heavy atom. The predicted molar refractivity (Wildman–Crippen MR) is 64.2 cm³/mol. The maximum absolute atomic E-state index is 11.7. The summed E-state index contributed by atoms with van der Waals surface area (Å²) in [5, 5.41) is 2.37. The van der Waals surface area contributed by atoms with Gasteiger partial charge in [-0.3, -0.25) is 29.3 Å². The maximum atomic E-state index is 11.7. The molecule has 0 unspecified atom stereocenters. The minimum absolute atomic E-state index is 0.00887. The number of rotatable bonds is 3. The third-order valence-corrected chi connectivity index (χ3v) is 2.18. The van der Waals surface area contributed by atoms with Gasteiger partial charge < -0.3 is 4.74 Å². The van der Waals surface area contributed by atoms with Crippen LogP contribution < -0.4 is 10.9 Å². The highest BCUT2D eigenvalue weighted by Gasteiger charge is 2.11. The van der Waals surface area contributed by atoms with Crippen LogP contribution in [0, 0.1) is 0 Å². The molecule has 0 aliphatic rings. The monoisotopic (exact) mass is 265 g/mol. The van der Waals surface area contributed by atoms with Crippen molar-refractivity contribution in [3.05, 3.63) is 16.7 Å². The molecule has 19 heavy (non-hydrogen) atoms. The van der Waals surface area contributed by atoms with Gasteiger partial charge in [-0.15, -0.1) is 0 Å². The quantitative estimate of drug-likeness (QED) is 0.729. The normalized spacial score (nSPS) is 10.4. The van der Waals surface area contributed by atoms with Crippen LogP contribution >= 0.6 is 0 Å². The summed E-state index contributed by atoms with van der Waals surface area (Å²) in [6.07, 6.45) is 1.33. The van der Waals surface area contributed by atoms with Crippen LogP contribution in [-0.4, -0.2) is 31.4 Å². The van der Waals surface area contributed by atoms with Crippen molar-refractivity contribution < 1.29 is 14.3 Å². The standard InChI is InChI=1S/C10H11N5O4/c1-5(16)12-10-13-8-7(9(18)14-10)11-3-15(8)4-19-6(2)17/h3H,4H2,1-2H3,(H2,12,13,14,16,18). The topological polar surface area (TPSA) is 119 Å². The van der Waals surface area contributed by atoms with E-state index in [2.05, 4.69) is 20.3 Å². The number of fused-ring (bicyclic) bond motifs is 1. The van der Waals surface area contributed by atoms with Crippen LogP contribution in [0.4, 0.5) is 5.95 Å². The molecule has 100 valence electrons. The third kappa shape index (κ3) is 2.76. The number of imidazole rings is 1. The molecule has 0 radical (unpaired) electrons. The van der Waals surface area contributed by atoms with E-state index in [0.717, 1.165) is 0 Å². The second kappa shape index (κ2) is 4.88. The second-order valence-electron chi connectivity index (χ2n) is 3.75. The average Bonchev–Trinajstić information content (AvgIpc) is 2.69. The number of H-pyrrole nitrogens is 1. The molecule has 1 amide bonds. The van der Waals surface area contributed by atoms with Crippen molar-refractivity contribution in [2.45, 2.75) is 20.6 Å². The number of ether oxygens (including phenoxy) is 1. The molecule has 9 heteroatoms. The summed E-state index contributed by atoms with van der Waals surface area (Å²) in [6, 6.07) is 0. The highest BCUT2D eigenvalue weighted by atomic mass is 16.5. The molecule has 0 aromatic carbocycles. The number of hydrogen-bond donors (Lipinski definition) is 2. The fraction of sp³-hybridized carbons (Fsp3) is 0.300. The largest absolute Gasteiger partial charge is 0.444 e. The fourth-order valence-corrected chi connectivity index (χ4v) is 1.43. The molecule has 0 saturated carbocycles. The van der Waals surface area contributed by atoms with Gasteiger partial charge in [0, 0.05) is 13.8 Å². The Hall–Kier alpha value is -2.71. The number of carbonyl (C=O) groups is 2. The Balaban J connectivity index is 2.44. The molecular formula is C10H11N5O4. The Morgan fingerprint density at radius 3 is 2.84 bits per heavy atom. The number of carbonyl (C=O) groups excluding carboxylic acids is 2. The minimum Gasteiger partial charge on any atom is -0.444 e. The van der Waals surface area contributed by atoms with E-state index in [4.69, 9.17) is 4.74 Å². The molecule has 2 aromatic heterocycles. The van der Waals surface area contributed by atoms with Crippen LogP contribution in [0.2, 0.25) is 0 Å². The van der Waals surface area contributed by atoms with E-state index in [0.29, 0.717) is 0 Å². The van der Waals surface area contributed by atoms with Crippen LogP contribution in [0.25, 0.3) is 11.2 Å². The maximum Gasteiger partial charge on any atom is 0.304 e. The Bertz CT molecular complexity index is 701. The SMILES string of the molecule is CC(=O)Nc1nc2c(ncn2COC(C)=O)c(=O)[nH]1. The van der Waals surface area contributed by atoms with Crippen molar-refractivity contribution in [3.8, 4) is 0 Å². The summed E-state index contributed by atoms with van der Waals surface area (Å²) >= 11 is 0. The molecular weight excluding hydrogens is 254 g/mol. The van der Waals surface area contributed by atoms with Gasteiger partial charge in [-0.1, -0.05) is 0 Å². The average molecular weight is 265 g/mol. The molecule has 2 aromatic rings. The van der Waals surface area contributed by atoms with Gasteiger partial charge in [0.15, 0.2) is 17.9 Å². The van der Waals surface area contributed by atoms with E-state index < -0.39 is 11.5 Å². The lowest BCUT2D eigenvalue weighted by Crippen LogP contribution is -2.17. The number of aromatic amines is 1. The van der Waals surface area contributed by atoms with Crippen LogP contribution in [0.1, 0.15) is 13.8 Å². The van der Waals surface area contributed by atoms with Crippen molar-refractivity contribution in [2.75, 3.05) is 5.32 Å². The molecule has 0 atom stereocenters. The van der Waals surface area contributed by atoms with E-state index in [1.807, 2.05) is 0 Å². The molecule has 0 bridgehead atoms. The zero-order chi connectivity index (χ0) is 14.0. The number of amides is 1. The van der Waals surface area contributed by atoms with Crippen LogP contribution in [-0.2, 0) is 21.1 Å². The number of anilines is 1. The molecule has 2 rings (SSSR count). The number of aromatic nitrogens is 4. The van der Waals surface area contributed by atoms with Crippen molar-refractivity contribution >= 4 is 29.0 Å². The summed E-state index contributed by atoms with van der Waals surface area (Å²) in [4.78, 5) is 43.7. The first-order valence-corrected chi connectivity index (χ1v) is 5.33. The number of hydrogen-bond acceptors (Lipinski definition) is 6. The first kappa shape index (κ1) is 12.7. The second-order valence-corrected chi connectivity index (χ2v) is 3.75. The number of esters is 1. The lowest BCUT2D eigenvalue weighted by Gasteiger charge is -2.04. The van der Waals surface area contributed by atoms with Gasteiger partial charge in [0.1, 0.15) is 6.33 Å². The molecule has 2 N–H and O–H groups in total. The van der Waals surface area contributed by atoms with Crippen molar-refractivity contribution in [1.82, 2.24) is 19.5 Å². The molecule has 9 nitrogen and oxygen atoms in total. The molecule has 2 heterocycles. The molecule has 0 spiro atoms. The lowest BCUT2D eigenvalue weighted by atomic mass is 10.5. The van der Waals surface area contributed by atoms with Gasteiger partial charge in [0.2, 0.25) is 11.9 Å². The summed E-state index contributed by atoms with van der Waals surface area (Å²) in [6.45, 7) is 2.45. The molecule has 0 saturated heterocycles. The van der Waals surface area contributed by atoms with Crippen LogP contribution in [0.5, 0.6) is 0 Å². The predicted octanol–water partition coefficient (Wildman–Crippen LogP) is -0.401. The van der Waals surface area contributed by atoms with E-state index in [1.165, 1.54) is 24.7 Å². The zero-order valence-corrected chi connectivity index (χ0v) is 10.3. The van der Waals surface area contributed by atoms with Crippen molar-refractivity contribution in [2.24, 2.45) is 0 Å². The minimum atomic E-state index is -0.490. The highest BCUT2D eigenvalue weighted by molar-refractivity contribution is 5.87. The lowest BCUT2D eigenvalue weighted by molar-refractivity contribution is -0.144. The van der Waals surface area contributed by atoms with Gasteiger partial charge in [-0.05, 0) is 0 Å². The van der Waals surface area contributed by atoms with Crippen molar-refractivity contribution in [1.29, 1.82) is 0 Å². The fourth-order valence-electron chi connectivity index (χ4n) is 1.43. The van der Waals surface area contributed by atoms with Gasteiger partial charge in [0.05, 0.1) is 0 Å². The number of nitrogens with one attached hydrogen (secondary N) is 2. The molecule has 0 aliphatic carbocycles. The van der Waals surface area contributed by atoms with Gasteiger partial charge in [-0.2, -0.15) is 4.98 Å².